The maximum Gasteiger partial charge on any atom is 0.246 e. The number of hydrogen-bond acceptors (Lipinski definition) is 4. The van der Waals surface area contributed by atoms with Crippen LogP contribution in [0.15, 0.2) is 42.5 Å². The molecule has 3 amide bonds. The van der Waals surface area contributed by atoms with Crippen molar-refractivity contribution in [1.82, 2.24) is 15.5 Å². The molecule has 5 atom stereocenters. The predicted molar refractivity (Wildman–Crippen MR) is 121 cm³/mol. The molecule has 0 unspecified atom stereocenters. The first-order chi connectivity index (χ1) is 16.1. The summed E-state index contributed by atoms with van der Waals surface area (Å²) in [5.41, 5.74) is -0.0417. The molecule has 2 N–H and O–H groups in total. The van der Waals surface area contributed by atoms with Gasteiger partial charge in [-0.2, -0.15) is 0 Å². The topological polar surface area (TPSA) is 87.7 Å². The largest absolute Gasteiger partial charge is 0.359 e. The molecule has 3 aliphatic heterocycles. The minimum absolute atomic E-state index is 0.0728. The number of fused-ring (bicyclic) bond motifs is 1. The molecule has 2 bridgehead atoms. The van der Waals surface area contributed by atoms with Crippen LogP contribution in [0.2, 0.25) is 0 Å². The van der Waals surface area contributed by atoms with Gasteiger partial charge in [0.15, 0.2) is 0 Å². The zero-order chi connectivity index (χ0) is 22.6. The van der Waals surface area contributed by atoms with Crippen LogP contribution in [0, 0.1) is 11.8 Å². The van der Waals surface area contributed by atoms with Gasteiger partial charge in [-0.15, -0.1) is 0 Å². The molecule has 7 nitrogen and oxygen atoms in total. The standard InChI is InChI=1S/C26H31N3O4/c30-23(27-15-16-7-3-1-4-8-16)20-19-13-14-26(33-19)21(20)25(32)29(18-11-12-18)22(26)24(31)28-17-9-5-2-6-10-17/h1,3-4,7-8,13-14,17-22H,2,5-6,9-12,15H2,(H,27,30)(H,28,31)/t19-,20-,21+,22-,26-/m1/s1. The molecule has 0 aromatic heterocycles. The summed E-state index contributed by atoms with van der Waals surface area (Å²) in [6.07, 6.45) is 10.5. The first kappa shape index (κ1) is 20.9. The van der Waals surface area contributed by atoms with E-state index in [0.29, 0.717) is 6.54 Å². The van der Waals surface area contributed by atoms with Crippen LogP contribution in [-0.2, 0) is 25.7 Å². The van der Waals surface area contributed by atoms with E-state index in [9.17, 15) is 14.4 Å². The number of hydrogen-bond donors (Lipinski definition) is 2. The highest BCUT2D eigenvalue weighted by Crippen LogP contribution is 2.57. The Hall–Kier alpha value is -2.67. The van der Waals surface area contributed by atoms with Gasteiger partial charge < -0.3 is 20.3 Å². The summed E-state index contributed by atoms with van der Waals surface area (Å²) >= 11 is 0. The molecule has 7 heteroatoms. The smallest absolute Gasteiger partial charge is 0.246 e. The monoisotopic (exact) mass is 449 g/mol. The van der Waals surface area contributed by atoms with Gasteiger partial charge >= 0.3 is 0 Å². The summed E-state index contributed by atoms with van der Waals surface area (Å²) in [5.74, 6) is -1.67. The number of carbonyl (C=O) groups is 3. The molecule has 1 aromatic carbocycles. The van der Waals surface area contributed by atoms with Crippen LogP contribution in [0.3, 0.4) is 0 Å². The molecule has 2 saturated carbocycles. The lowest BCUT2D eigenvalue weighted by atomic mass is 9.74. The summed E-state index contributed by atoms with van der Waals surface area (Å²) in [6, 6.07) is 9.26. The Labute approximate surface area is 193 Å². The van der Waals surface area contributed by atoms with Crippen molar-refractivity contribution in [1.29, 1.82) is 0 Å². The van der Waals surface area contributed by atoms with Crippen molar-refractivity contribution in [3.63, 3.8) is 0 Å². The molecule has 5 aliphatic rings. The molecule has 2 aliphatic carbocycles. The van der Waals surface area contributed by atoms with E-state index in [1.165, 1.54) is 6.42 Å². The van der Waals surface area contributed by atoms with Gasteiger partial charge in [-0.25, -0.2) is 0 Å². The molecule has 2 saturated heterocycles. The Morgan fingerprint density at radius 2 is 1.79 bits per heavy atom. The highest BCUT2D eigenvalue weighted by molar-refractivity contribution is 6.00. The van der Waals surface area contributed by atoms with E-state index in [2.05, 4.69) is 10.6 Å². The van der Waals surface area contributed by atoms with E-state index in [4.69, 9.17) is 4.74 Å². The highest BCUT2D eigenvalue weighted by atomic mass is 16.5. The number of ether oxygens (including phenoxy) is 1. The molecular formula is C26H31N3O4. The van der Waals surface area contributed by atoms with Gasteiger partial charge in [0.1, 0.15) is 11.6 Å². The van der Waals surface area contributed by atoms with Gasteiger partial charge in [-0.1, -0.05) is 61.7 Å². The Bertz CT molecular complexity index is 985. The van der Waals surface area contributed by atoms with Gasteiger partial charge in [-0.3, -0.25) is 14.4 Å². The Kier molecular flexibility index (Phi) is 5.05. The molecule has 3 heterocycles. The number of rotatable bonds is 6. The number of amides is 3. The Morgan fingerprint density at radius 3 is 2.52 bits per heavy atom. The maximum absolute atomic E-state index is 13.7. The second kappa shape index (κ2) is 7.97. The lowest BCUT2D eigenvalue weighted by molar-refractivity contribution is -0.142. The van der Waals surface area contributed by atoms with Crippen molar-refractivity contribution in [2.75, 3.05) is 0 Å². The quantitative estimate of drug-likeness (QED) is 0.651. The van der Waals surface area contributed by atoms with Crippen LogP contribution in [0.5, 0.6) is 0 Å². The third kappa shape index (κ3) is 3.39. The van der Waals surface area contributed by atoms with Gasteiger partial charge in [0.2, 0.25) is 17.7 Å². The van der Waals surface area contributed by atoms with E-state index in [1.54, 1.807) is 4.90 Å². The van der Waals surface area contributed by atoms with E-state index in [1.807, 2.05) is 42.5 Å². The minimum Gasteiger partial charge on any atom is -0.359 e. The Morgan fingerprint density at radius 1 is 1.03 bits per heavy atom. The van der Waals surface area contributed by atoms with Crippen molar-refractivity contribution >= 4 is 17.7 Å². The van der Waals surface area contributed by atoms with Crippen LogP contribution in [0.25, 0.3) is 0 Å². The maximum atomic E-state index is 13.7. The van der Waals surface area contributed by atoms with Gasteiger partial charge in [0.25, 0.3) is 0 Å². The van der Waals surface area contributed by atoms with Crippen LogP contribution in [-0.4, -0.2) is 52.5 Å². The molecule has 6 rings (SSSR count). The first-order valence-corrected chi connectivity index (χ1v) is 12.4. The number of likely N-dealkylation sites (tertiary alicyclic amines) is 1. The van der Waals surface area contributed by atoms with Crippen molar-refractivity contribution in [3.05, 3.63) is 48.0 Å². The van der Waals surface area contributed by atoms with Crippen LogP contribution < -0.4 is 10.6 Å². The zero-order valence-electron chi connectivity index (χ0n) is 18.7. The summed E-state index contributed by atoms with van der Waals surface area (Å²) < 4.78 is 6.38. The second-order valence-electron chi connectivity index (χ2n) is 10.2. The molecule has 174 valence electrons. The average Bonchev–Trinajstić information content (AvgIpc) is 3.43. The number of nitrogens with zero attached hydrogens (tertiary/aromatic N) is 1. The SMILES string of the molecule is O=C(NCc1ccccc1)[C@H]1[C@H]2C(=O)N(C3CC3)[C@H](C(=O)NC3CCCCC3)[C@@]23C=C[C@H]1O3. The van der Waals surface area contributed by atoms with E-state index in [0.717, 1.165) is 44.1 Å². The van der Waals surface area contributed by atoms with Crippen LogP contribution in [0.4, 0.5) is 0 Å². The third-order valence-corrected chi connectivity index (χ3v) is 8.06. The molecule has 33 heavy (non-hydrogen) atoms. The summed E-state index contributed by atoms with van der Waals surface area (Å²) in [4.78, 5) is 42.3. The average molecular weight is 450 g/mol. The summed E-state index contributed by atoms with van der Waals surface area (Å²) in [7, 11) is 0. The fourth-order valence-corrected chi connectivity index (χ4v) is 6.38. The van der Waals surface area contributed by atoms with Crippen LogP contribution >= 0.6 is 0 Å². The second-order valence-corrected chi connectivity index (χ2v) is 10.2. The minimum atomic E-state index is -1.04. The number of carbonyl (C=O) groups excluding carboxylic acids is 3. The van der Waals surface area contributed by atoms with Crippen molar-refractivity contribution in [3.8, 4) is 0 Å². The van der Waals surface area contributed by atoms with Gasteiger partial charge in [-0.05, 0) is 31.2 Å². The summed E-state index contributed by atoms with van der Waals surface area (Å²) in [5, 5.41) is 6.23. The van der Waals surface area contributed by atoms with E-state index in [-0.39, 0.29) is 29.8 Å². The fourth-order valence-electron chi connectivity index (χ4n) is 6.38. The summed E-state index contributed by atoms with van der Waals surface area (Å²) in [6.45, 7) is 0.401. The zero-order valence-corrected chi connectivity index (χ0v) is 18.7. The van der Waals surface area contributed by atoms with Gasteiger partial charge in [0.05, 0.1) is 17.9 Å². The molecule has 4 fully saturated rings. The lowest BCUT2D eigenvalue weighted by Gasteiger charge is -2.34. The van der Waals surface area contributed by atoms with Crippen molar-refractivity contribution in [2.24, 2.45) is 11.8 Å². The van der Waals surface area contributed by atoms with Crippen LogP contribution in [0.1, 0.15) is 50.5 Å². The third-order valence-electron chi connectivity index (χ3n) is 8.06. The number of benzene rings is 1. The molecule has 1 aromatic rings. The number of nitrogens with one attached hydrogen (secondary N) is 2. The lowest BCUT2D eigenvalue weighted by Crippen LogP contribution is -2.57. The normalized spacial score (nSPS) is 35.0. The highest BCUT2D eigenvalue weighted by Gasteiger charge is 2.74. The van der Waals surface area contributed by atoms with Crippen molar-refractivity contribution in [2.45, 2.75) is 81.3 Å². The van der Waals surface area contributed by atoms with Gasteiger partial charge in [0, 0.05) is 18.6 Å². The fraction of sp³-hybridized carbons (Fsp3) is 0.577. The predicted octanol–water partition coefficient (Wildman–Crippen LogP) is 2.06. The molecule has 0 radical (unpaired) electrons. The van der Waals surface area contributed by atoms with E-state index < -0.39 is 29.6 Å². The van der Waals surface area contributed by atoms with Crippen molar-refractivity contribution < 1.29 is 19.1 Å². The first-order valence-electron chi connectivity index (χ1n) is 12.4. The van der Waals surface area contributed by atoms with E-state index >= 15 is 0 Å². The molecular weight excluding hydrogens is 418 g/mol. The Balaban J connectivity index is 1.25. The molecule has 1 spiro atoms.